The monoisotopic (exact) mass is 410 g/mol. The number of fused-ring (bicyclic) bond motifs is 1. The zero-order valence-electron chi connectivity index (χ0n) is 18.6. The predicted octanol–water partition coefficient (Wildman–Crippen LogP) is 5.30. The van der Waals surface area contributed by atoms with E-state index in [-0.39, 0.29) is 12.0 Å². The number of likely N-dealkylation sites (tertiary alicyclic amines) is 1. The lowest BCUT2D eigenvalue weighted by atomic mass is 9.72. The van der Waals surface area contributed by atoms with Gasteiger partial charge in [0.25, 0.3) is 0 Å². The van der Waals surface area contributed by atoms with Crippen molar-refractivity contribution in [2.24, 2.45) is 17.3 Å². The molecule has 2 aromatic rings. The van der Waals surface area contributed by atoms with Gasteiger partial charge in [0.15, 0.2) is 0 Å². The van der Waals surface area contributed by atoms with Crippen LogP contribution in [-0.4, -0.2) is 40.2 Å². The number of carbonyl (C=O) groups is 1. The molecule has 1 aliphatic carbocycles. The van der Waals surface area contributed by atoms with E-state index in [0.717, 1.165) is 41.1 Å². The SMILES string of the molecule is CC(c1ccc2cc(OC3CCC(C(C)(C)C)CC3)ccc2n1)N1CC(C(=O)O)C1. The second-order valence-corrected chi connectivity index (χ2v) is 10.2. The van der Waals surface area contributed by atoms with E-state index >= 15 is 0 Å². The summed E-state index contributed by atoms with van der Waals surface area (Å²) in [5.74, 6) is 0.766. The third kappa shape index (κ3) is 4.46. The molecule has 2 heterocycles. The summed E-state index contributed by atoms with van der Waals surface area (Å²) >= 11 is 0. The Balaban J connectivity index is 1.38. The summed E-state index contributed by atoms with van der Waals surface area (Å²) in [5.41, 5.74) is 2.33. The van der Waals surface area contributed by atoms with Crippen LogP contribution >= 0.6 is 0 Å². The maximum absolute atomic E-state index is 11.0. The fraction of sp³-hybridized carbons (Fsp3) is 0.600. The molecular weight excluding hydrogens is 376 g/mol. The van der Waals surface area contributed by atoms with Crippen molar-refractivity contribution < 1.29 is 14.6 Å². The summed E-state index contributed by atoms with van der Waals surface area (Å²) in [6.45, 7) is 10.3. The number of nitrogens with zero attached hydrogens (tertiary/aromatic N) is 2. The molecule has 0 radical (unpaired) electrons. The first kappa shape index (κ1) is 21.1. The maximum atomic E-state index is 11.0. The van der Waals surface area contributed by atoms with E-state index in [1.54, 1.807) is 0 Å². The number of aromatic nitrogens is 1. The largest absolute Gasteiger partial charge is 0.490 e. The molecule has 1 aliphatic heterocycles. The highest BCUT2D eigenvalue weighted by molar-refractivity contribution is 5.80. The summed E-state index contributed by atoms with van der Waals surface area (Å²) in [6, 6.07) is 10.4. The highest BCUT2D eigenvalue weighted by Gasteiger charge is 2.36. The molecule has 0 amide bonds. The Bertz CT molecular complexity index is 906. The number of aliphatic carboxylic acids is 1. The van der Waals surface area contributed by atoms with E-state index in [4.69, 9.17) is 14.8 Å². The van der Waals surface area contributed by atoms with Crippen molar-refractivity contribution >= 4 is 16.9 Å². The smallest absolute Gasteiger partial charge is 0.309 e. The Morgan fingerprint density at radius 1 is 1.13 bits per heavy atom. The van der Waals surface area contributed by atoms with Crippen LogP contribution in [0.5, 0.6) is 5.75 Å². The number of pyridine rings is 1. The molecule has 1 saturated carbocycles. The minimum atomic E-state index is -0.704. The molecular formula is C25H34N2O3. The highest BCUT2D eigenvalue weighted by Crippen LogP contribution is 2.39. The van der Waals surface area contributed by atoms with E-state index < -0.39 is 5.97 Å². The topological polar surface area (TPSA) is 62.7 Å². The molecule has 0 spiro atoms. The van der Waals surface area contributed by atoms with Crippen LogP contribution in [-0.2, 0) is 4.79 Å². The van der Waals surface area contributed by atoms with Crippen LogP contribution in [0.15, 0.2) is 30.3 Å². The van der Waals surface area contributed by atoms with Gasteiger partial charge in [-0.15, -0.1) is 0 Å². The highest BCUT2D eigenvalue weighted by atomic mass is 16.5. The molecule has 2 aliphatic rings. The van der Waals surface area contributed by atoms with Gasteiger partial charge < -0.3 is 9.84 Å². The van der Waals surface area contributed by atoms with E-state index in [0.29, 0.717) is 24.6 Å². The first-order valence-electron chi connectivity index (χ1n) is 11.2. The Hall–Kier alpha value is -2.14. The molecule has 1 aromatic carbocycles. The van der Waals surface area contributed by atoms with Crippen molar-refractivity contribution in [3.05, 3.63) is 36.0 Å². The molecule has 2 fully saturated rings. The van der Waals surface area contributed by atoms with Crippen molar-refractivity contribution in [1.82, 2.24) is 9.88 Å². The summed E-state index contributed by atoms with van der Waals surface area (Å²) in [4.78, 5) is 18.0. The van der Waals surface area contributed by atoms with Crippen LogP contribution in [0.4, 0.5) is 0 Å². The van der Waals surface area contributed by atoms with Gasteiger partial charge in [0.1, 0.15) is 5.75 Å². The number of carboxylic acid groups (broad SMARTS) is 1. The van der Waals surface area contributed by atoms with Crippen molar-refractivity contribution in [3.63, 3.8) is 0 Å². The van der Waals surface area contributed by atoms with Gasteiger partial charge in [-0.1, -0.05) is 26.8 Å². The number of benzene rings is 1. The summed E-state index contributed by atoms with van der Waals surface area (Å²) in [5, 5.41) is 10.2. The van der Waals surface area contributed by atoms with E-state index in [9.17, 15) is 4.79 Å². The van der Waals surface area contributed by atoms with Gasteiger partial charge in [-0.05, 0) is 68.2 Å². The number of ether oxygens (including phenoxy) is 1. The molecule has 1 atom stereocenters. The van der Waals surface area contributed by atoms with Crippen molar-refractivity contribution in [1.29, 1.82) is 0 Å². The zero-order chi connectivity index (χ0) is 21.5. The summed E-state index contributed by atoms with van der Waals surface area (Å²) < 4.78 is 6.31. The van der Waals surface area contributed by atoms with Crippen molar-refractivity contribution in [3.8, 4) is 5.75 Å². The standard InChI is InChI=1S/C25H34N2O3/c1-16(27-14-18(15-27)24(28)29)22-11-5-17-13-21(10-12-23(17)26-22)30-20-8-6-19(7-9-20)25(2,3)4/h5,10-13,16,18-20H,6-9,14-15H2,1-4H3,(H,28,29). The Morgan fingerprint density at radius 2 is 1.83 bits per heavy atom. The van der Waals surface area contributed by atoms with Gasteiger partial charge >= 0.3 is 5.97 Å². The molecule has 1 unspecified atom stereocenters. The molecule has 5 heteroatoms. The lowest BCUT2D eigenvalue weighted by Gasteiger charge is -2.40. The lowest BCUT2D eigenvalue weighted by molar-refractivity contribution is -0.148. The number of carboxylic acids is 1. The second-order valence-electron chi connectivity index (χ2n) is 10.2. The Kier molecular flexibility index (Phi) is 5.75. The lowest BCUT2D eigenvalue weighted by Crippen LogP contribution is -2.51. The van der Waals surface area contributed by atoms with Gasteiger partial charge in [0, 0.05) is 24.5 Å². The first-order chi connectivity index (χ1) is 14.2. The summed E-state index contributed by atoms with van der Waals surface area (Å²) in [6.07, 6.45) is 5.04. The second kappa shape index (κ2) is 8.18. The van der Waals surface area contributed by atoms with Crippen molar-refractivity contribution in [2.75, 3.05) is 13.1 Å². The number of hydrogen-bond donors (Lipinski definition) is 1. The van der Waals surface area contributed by atoms with E-state index in [2.05, 4.69) is 50.8 Å². The third-order valence-corrected chi connectivity index (χ3v) is 7.12. The molecule has 4 rings (SSSR count). The molecule has 1 saturated heterocycles. The maximum Gasteiger partial charge on any atom is 0.309 e. The van der Waals surface area contributed by atoms with Crippen molar-refractivity contribution in [2.45, 2.75) is 65.5 Å². The number of hydrogen-bond acceptors (Lipinski definition) is 4. The number of rotatable bonds is 5. The minimum Gasteiger partial charge on any atom is -0.490 e. The van der Waals surface area contributed by atoms with Gasteiger partial charge in [0.2, 0.25) is 0 Å². The predicted molar refractivity (Wildman–Crippen MR) is 119 cm³/mol. The minimum absolute atomic E-state index is 0.124. The summed E-state index contributed by atoms with van der Waals surface area (Å²) in [7, 11) is 0. The van der Waals surface area contributed by atoms with Crippen LogP contribution in [0.3, 0.4) is 0 Å². The van der Waals surface area contributed by atoms with Gasteiger partial charge in [-0.25, -0.2) is 0 Å². The van der Waals surface area contributed by atoms with Gasteiger partial charge in [-0.2, -0.15) is 0 Å². The Morgan fingerprint density at radius 3 is 2.47 bits per heavy atom. The molecule has 1 aromatic heterocycles. The molecule has 30 heavy (non-hydrogen) atoms. The first-order valence-corrected chi connectivity index (χ1v) is 11.2. The molecule has 0 bridgehead atoms. The third-order valence-electron chi connectivity index (χ3n) is 7.12. The Labute approximate surface area is 179 Å². The van der Waals surface area contributed by atoms with Crippen LogP contribution in [0.2, 0.25) is 0 Å². The molecule has 1 N–H and O–H groups in total. The normalized spacial score (nSPS) is 24.4. The van der Waals surface area contributed by atoms with Crippen LogP contribution in [0, 0.1) is 17.3 Å². The van der Waals surface area contributed by atoms with Gasteiger partial charge in [0.05, 0.1) is 23.2 Å². The van der Waals surface area contributed by atoms with Crippen LogP contribution < -0.4 is 4.74 Å². The average molecular weight is 411 g/mol. The average Bonchev–Trinajstić information content (AvgIpc) is 2.65. The zero-order valence-corrected chi connectivity index (χ0v) is 18.6. The molecule has 5 nitrogen and oxygen atoms in total. The fourth-order valence-corrected chi connectivity index (χ4v) is 4.84. The quantitative estimate of drug-likeness (QED) is 0.725. The molecule has 162 valence electrons. The van der Waals surface area contributed by atoms with Crippen LogP contribution in [0.25, 0.3) is 10.9 Å². The van der Waals surface area contributed by atoms with Gasteiger partial charge in [-0.3, -0.25) is 14.7 Å². The van der Waals surface area contributed by atoms with E-state index in [1.165, 1.54) is 12.8 Å². The van der Waals surface area contributed by atoms with Crippen LogP contribution in [0.1, 0.15) is 65.1 Å². The fourth-order valence-electron chi connectivity index (χ4n) is 4.84. The van der Waals surface area contributed by atoms with E-state index in [1.807, 2.05) is 12.1 Å².